The van der Waals surface area contributed by atoms with E-state index in [9.17, 15) is 0 Å². The van der Waals surface area contributed by atoms with Gasteiger partial charge in [-0.25, -0.2) is 0 Å². The largest absolute Gasteiger partial charge is 0.475 e. The van der Waals surface area contributed by atoms with Gasteiger partial charge in [0.1, 0.15) is 0 Å². The maximum atomic E-state index is 5.38. The third-order valence-corrected chi connectivity index (χ3v) is 4.27. The third kappa shape index (κ3) is 6.06. The number of morpholine rings is 1. The number of hydrogen-bond acceptors (Lipinski definition) is 7. The normalized spacial score (nSPS) is 16.7. The van der Waals surface area contributed by atoms with Crippen LogP contribution in [0.4, 0.5) is 5.82 Å². The van der Waals surface area contributed by atoms with Crippen LogP contribution in [0.15, 0.2) is 0 Å². The Labute approximate surface area is 138 Å². The Bertz CT molecular complexity index is 414. The zero-order valence-corrected chi connectivity index (χ0v) is 15.5. The Morgan fingerprint density at radius 2 is 1.95 bits per heavy atom. The Balaban J connectivity index is 0.000000261. The van der Waals surface area contributed by atoms with Gasteiger partial charge in [-0.2, -0.15) is 4.37 Å². The molecule has 1 unspecified atom stereocenters. The Hall–Kier alpha value is -0.920. The van der Waals surface area contributed by atoms with Crippen molar-refractivity contribution < 1.29 is 9.47 Å². The summed E-state index contributed by atoms with van der Waals surface area (Å²) < 4.78 is 19.0. The molecule has 22 heavy (non-hydrogen) atoms. The highest BCUT2D eigenvalue weighted by molar-refractivity contribution is 6.99. The molecule has 1 fully saturated rings. The molecule has 1 saturated heterocycles. The van der Waals surface area contributed by atoms with Gasteiger partial charge in [-0.15, -0.1) is 4.37 Å². The van der Waals surface area contributed by atoms with Crippen molar-refractivity contribution in [1.29, 1.82) is 0 Å². The van der Waals surface area contributed by atoms with E-state index in [0.717, 1.165) is 32.1 Å². The van der Waals surface area contributed by atoms with Gasteiger partial charge < -0.3 is 19.7 Å². The third-order valence-electron chi connectivity index (χ3n) is 3.77. The van der Waals surface area contributed by atoms with E-state index >= 15 is 0 Å². The molecule has 6 nitrogen and oxygen atoms in total. The van der Waals surface area contributed by atoms with Crippen LogP contribution in [0.2, 0.25) is 0 Å². The first kappa shape index (κ1) is 19.1. The van der Waals surface area contributed by atoms with Crippen molar-refractivity contribution in [3.05, 3.63) is 0 Å². The van der Waals surface area contributed by atoms with E-state index in [1.807, 2.05) is 14.0 Å². The van der Waals surface area contributed by atoms with E-state index in [-0.39, 0.29) is 0 Å². The molecule has 1 aromatic heterocycles. The maximum Gasteiger partial charge on any atom is 0.270 e. The summed E-state index contributed by atoms with van der Waals surface area (Å²) in [7, 11) is 2.00. The molecule has 2 heterocycles. The molecule has 0 spiro atoms. The minimum atomic E-state index is 0.398. The average molecular weight is 330 g/mol. The molecular formula is C15H30N4O2S. The van der Waals surface area contributed by atoms with Gasteiger partial charge in [-0.05, 0) is 26.3 Å². The molecule has 7 heteroatoms. The fourth-order valence-corrected chi connectivity index (χ4v) is 2.33. The molecule has 0 bridgehead atoms. The quantitative estimate of drug-likeness (QED) is 0.915. The van der Waals surface area contributed by atoms with Crippen LogP contribution in [0.5, 0.6) is 5.88 Å². The molecule has 1 atom stereocenters. The first-order chi connectivity index (χ1) is 10.4. The van der Waals surface area contributed by atoms with Crippen molar-refractivity contribution in [3.8, 4) is 5.88 Å². The van der Waals surface area contributed by atoms with Gasteiger partial charge in [-0.1, -0.05) is 20.8 Å². The zero-order chi connectivity index (χ0) is 16.6. The second-order valence-electron chi connectivity index (χ2n) is 6.30. The molecule has 1 aliphatic rings. The van der Waals surface area contributed by atoms with Crippen molar-refractivity contribution in [2.75, 3.05) is 44.9 Å². The first-order valence-corrected chi connectivity index (χ1v) is 8.58. The van der Waals surface area contributed by atoms with Crippen molar-refractivity contribution in [2.24, 2.45) is 5.41 Å². The highest BCUT2D eigenvalue weighted by atomic mass is 32.1. The molecule has 0 aromatic carbocycles. The molecular weight excluding hydrogens is 300 g/mol. The van der Waals surface area contributed by atoms with Gasteiger partial charge in [0.2, 0.25) is 5.82 Å². The predicted octanol–water partition coefficient (Wildman–Crippen LogP) is 2.41. The molecule has 0 radical (unpaired) electrons. The number of rotatable bonds is 4. The summed E-state index contributed by atoms with van der Waals surface area (Å²) in [6.45, 7) is 14.7. The first-order valence-electron chi connectivity index (χ1n) is 7.85. The lowest BCUT2D eigenvalue weighted by atomic mass is 9.88. The van der Waals surface area contributed by atoms with Crippen LogP contribution in [0.25, 0.3) is 0 Å². The zero-order valence-electron chi connectivity index (χ0n) is 14.7. The van der Waals surface area contributed by atoms with Crippen molar-refractivity contribution in [2.45, 2.75) is 40.7 Å². The maximum absolute atomic E-state index is 5.38. The smallest absolute Gasteiger partial charge is 0.270 e. The summed E-state index contributed by atoms with van der Waals surface area (Å²) in [4.78, 5) is 2.15. The molecule has 1 aromatic rings. The Morgan fingerprint density at radius 3 is 2.41 bits per heavy atom. The summed E-state index contributed by atoms with van der Waals surface area (Å²) in [6.07, 6.45) is 0. The lowest BCUT2D eigenvalue weighted by Crippen LogP contribution is -2.36. The topological polar surface area (TPSA) is 59.5 Å². The van der Waals surface area contributed by atoms with E-state index in [0.29, 0.717) is 23.9 Å². The van der Waals surface area contributed by atoms with Crippen LogP contribution in [0, 0.1) is 5.41 Å². The minimum Gasteiger partial charge on any atom is -0.475 e. The van der Waals surface area contributed by atoms with Crippen LogP contribution in [-0.2, 0) is 4.74 Å². The van der Waals surface area contributed by atoms with Crippen LogP contribution in [0.1, 0.15) is 34.6 Å². The number of aromatic nitrogens is 2. The number of nitrogens with one attached hydrogen (secondary N) is 1. The van der Waals surface area contributed by atoms with Crippen molar-refractivity contribution >= 4 is 17.5 Å². The number of nitrogens with zero attached hydrogens (tertiary/aromatic N) is 3. The van der Waals surface area contributed by atoms with Crippen molar-refractivity contribution in [1.82, 2.24) is 14.1 Å². The van der Waals surface area contributed by atoms with Crippen LogP contribution in [-0.4, -0.2) is 54.7 Å². The summed E-state index contributed by atoms with van der Waals surface area (Å²) in [6, 6.07) is 0.600. The molecule has 128 valence electrons. The van der Waals surface area contributed by atoms with Crippen LogP contribution in [0.3, 0.4) is 0 Å². The second kappa shape index (κ2) is 9.27. The summed E-state index contributed by atoms with van der Waals surface area (Å²) >= 11 is 1.19. The number of hydrogen-bond donors (Lipinski definition) is 1. The van der Waals surface area contributed by atoms with Gasteiger partial charge in [0.05, 0.1) is 31.5 Å². The fourth-order valence-electron chi connectivity index (χ4n) is 1.80. The Morgan fingerprint density at radius 1 is 1.32 bits per heavy atom. The lowest BCUT2D eigenvalue weighted by molar-refractivity contribution is 0.122. The highest BCUT2D eigenvalue weighted by Gasteiger charge is 2.19. The SMILES string of the molecule is CCOc1nsnc1N1CCOCC1.CNC(C)C(C)(C)C. The molecule has 0 aliphatic carbocycles. The van der Waals surface area contributed by atoms with Gasteiger partial charge in [0, 0.05) is 19.1 Å². The fraction of sp³-hybridized carbons (Fsp3) is 0.867. The highest BCUT2D eigenvalue weighted by Crippen LogP contribution is 2.25. The molecule has 1 aliphatic heterocycles. The summed E-state index contributed by atoms with van der Waals surface area (Å²) in [5, 5.41) is 3.20. The van der Waals surface area contributed by atoms with Gasteiger partial charge >= 0.3 is 0 Å². The average Bonchev–Trinajstić information content (AvgIpc) is 2.96. The van der Waals surface area contributed by atoms with Gasteiger partial charge in [0.15, 0.2) is 0 Å². The van der Waals surface area contributed by atoms with E-state index < -0.39 is 0 Å². The van der Waals surface area contributed by atoms with E-state index in [1.165, 1.54) is 11.7 Å². The standard InChI is InChI=1S/C8H13N3O2S.C7H17N/c1-2-13-8-7(9-14-10-8)11-3-5-12-6-4-11;1-6(8-5)7(2,3)4/h2-6H2,1H3;6,8H,1-5H3. The van der Waals surface area contributed by atoms with E-state index in [1.54, 1.807) is 0 Å². The number of anilines is 1. The van der Waals surface area contributed by atoms with E-state index in [4.69, 9.17) is 9.47 Å². The molecule has 0 saturated carbocycles. The monoisotopic (exact) mass is 330 g/mol. The van der Waals surface area contributed by atoms with Gasteiger partial charge in [-0.3, -0.25) is 0 Å². The van der Waals surface area contributed by atoms with Crippen LogP contribution >= 0.6 is 11.7 Å². The minimum absolute atomic E-state index is 0.398. The number of ether oxygens (including phenoxy) is 2. The van der Waals surface area contributed by atoms with E-state index in [2.05, 4.69) is 46.7 Å². The Kier molecular flexibility index (Phi) is 8.06. The lowest BCUT2D eigenvalue weighted by Gasteiger charge is -2.26. The second-order valence-corrected chi connectivity index (χ2v) is 6.83. The molecule has 0 amide bonds. The summed E-state index contributed by atoms with van der Waals surface area (Å²) in [5.74, 6) is 1.51. The summed E-state index contributed by atoms with van der Waals surface area (Å²) in [5.41, 5.74) is 0.398. The van der Waals surface area contributed by atoms with Gasteiger partial charge in [0.25, 0.3) is 5.88 Å². The van der Waals surface area contributed by atoms with Crippen LogP contribution < -0.4 is 15.0 Å². The van der Waals surface area contributed by atoms with Crippen molar-refractivity contribution in [3.63, 3.8) is 0 Å². The molecule has 2 rings (SSSR count). The predicted molar refractivity (Wildman–Crippen MR) is 92.1 cm³/mol. The molecule has 1 N–H and O–H groups in total.